The number of aryl methyl sites for hydroxylation is 3. The maximum atomic E-state index is 11.1. The molecule has 1 aromatic rings. The van der Waals surface area contributed by atoms with E-state index < -0.39 is 0 Å². The number of piperidine rings is 1. The second-order valence-electron chi connectivity index (χ2n) is 7.10. The highest BCUT2D eigenvalue weighted by Crippen LogP contribution is 2.44. The second kappa shape index (κ2) is 5.93. The number of hydroxylamine groups is 2. The van der Waals surface area contributed by atoms with Crippen LogP contribution in [-0.4, -0.2) is 54.4 Å². The van der Waals surface area contributed by atoms with Crippen LogP contribution in [0.3, 0.4) is 0 Å². The molecule has 0 saturated carbocycles. The van der Waals surface area contributed by atoms with E-state index in [1.807, 2.05) is 5.06 Å². The highest BCUT2D eigenvalue weighted by molar-refractivity contribution is 5.77. The number of hydrogen-bond donors (Lipinski definition) is 1. The summed E-state index contributed by atoms with van der Waals surface area (Å²) in [5.74, 6) is 0.575. The van der Waals surface area contributed by atoms with Crippen LogP contribution in [-0.2, 0) is 4.84 Å². The van der Waals surface area contributed by atoms with Gasteiger partial charge in [0.1, 0.15) is 5.76 Å². The van der Waals surface area contributed by atoms with E-state index in [1.54, 1.807) is 7.11 Å². The third-order valence-electron chi connectivity index (χ3n) is 5.64. The van der Waals surface area contributed by atoms with E-state index in [0.29, 0.717) is 5.76 Å². The Morgan fingerprint density at radius 2 is 1.65 bits per heavy atom. The SMILES string of the molecule is CON1CCC2(CC1)C(O)=C(c1c(C)cc(C)cc1C)CN2C. The Bertz CT molecular complexity index is 620. The number of hydrogen-bond acceptors (Lipinski definition) is 4. The Balaban J connectivity index is 2.02. The number of rotatable bonds is 2. The zero-order valence-corrected chi connectivity index (χ0v) is 14.9. The predicted octanol–water partition coefficient (Wildman–Crippen LogP) is 3.22. The van der Waals surface area contributed by atoms with Crippen LogP contribution in [0.4, 0.5) is 0 Å². The summed E-state index contributed by atoms with van der Waals surface area (Å²) in [6, 6.07) is 4.42. The van der Waals surface area contributed by atoms with Gasteiger partial charge in [-0.1, -0.05) is 17.7 Å². The van der Waals surface area contributed by atoms with Crippen molar-refractivity contribution in [3.63, 3.8) is 0 Å². The van der Waals surface area contributed by atoms with Crippen molar-refractivity contribution in [1.29, 1.82) is 0 Å². The van der Waals surface area contributed by atoms with Gasteiger partial charge in [0.15, 0.2) is 0 Å². The van der Waals surface area contributed by atoms with E-state index >= 15 is 0 Å². The third-order valence-corrected chi connectivity index (χ3v) is 5.64. The monoisotopic (exact) mass is 316 g/mol. The van der Waals surface area contributed by atoms with Crippen molar-refractivity contribution in [2.24, 2.45) is 0 Å². The first-order chi connectivity index (χ1) is 10.9. The maximum absolute atomic E-state index is 11.1. The molecule has 1 saturated heterocycles. The van der Waals surface area contributed by atoms with Crippen LogP contribution >= 0.6 is 0 Å². The quantitative estimate of drug-likeness (QED) is 0.909. The smallest absolute Gasteiger partial charge is 0.118 e. The molecule has 2 aliphatic heterocycles. The third kappa shape index (κ3) is 2.59. The van der Waals surface area contributed by atoms with Crippen molar-refractivity contribution in [3.8, 4) is 0 Å². The van der Waals surface area contributed by atoms with Crippen LogP contribution in [0.5, 0.6) is 0 Å². The first-order valence-corrected chi connectivity index (χ1v) is 8.40. The summed E-state index contributed by atoms with van der Waals surface area (Å²) in [5.41, 5.74) is 5.89. The summed E-state index contributed by atoms with van der Waals surface area (Å²) in [7, 11) is 3.85. The summed E-state index contributed by atoms with van der Waals surface area (Å²) in [5, 5.41) is 13.1. The summed E-state index contributed by atoms with van der Waals surface area (Å²) in [6.45, 7) is 8.93. The minimum atomic E-state index is -0.228. The lowest BCUT2D eigenvalue weighted by molar-refractivity contribution is -0.158. The number of benzene rings is 1. The molecule has 1 N–H and O–H groups in total. The van der Waals surface area contributed by atoms with Crippen LogP contribution in [0.15, 0.2) is 17.9 Å². The van der Waals surface area contributed by atoms with Crippen LogP contribution in [0.2, 0.25) is 0 Å². The van der Waals surface area contributed by atoms with E-state index in [4.69, 9.17) is 4.84 Å². The fraction of sp³-hybridized carbons (Fsp3) is 0.579. The summed E-state index contributed by atoms with van der Waals surface area (Å²) >= 11 is 0. The molecule has 1 aromatic carbocycles. The molecule has 1 fully saturated rings. The Kier molecular flexibility index (Phi) is 4.25. The average Bonchev–Trinajstić information content (AvgIpc) is 2.73. The van der Waals surface area contributed by atoms with Crippen molar-refractivity contribution in [2.75, 3.05) is 33.8 Å². The van der Waals surface area contributed by atoms with Gasteiger partial charge in [-0.05, 0) is 57.4 Å². The number of likely N-dealkylation sites (N-methyl/N-ethyl adjacent to an activating group) is 1. The minimum Gasteiger partial charge on any atom is -0.510 e. The van der Waals surface area contributed by atoms with Crippen LogP contribution in [0, 0.1) is 20.8 Å². The normalized spacial score (nSPS) is 22.3. The molecule has 4 nitrogen and oxygen atoms in total. The summed E-state index contributed by atoms with van der Waals surface area (Å²) in [4.78, 5) is 7.67. The fourth-order valence-corrected chi connectivity index (χ4v) is 4.44. The first-order valence-electron chi connectivity index (χ1n) is 8.40. The molecule has 0 aromatic heterocycles. The predicted molar refractivity (Wildman–Crippen MR) is 93.4 cm³/mol. The molecule has 0 aliphatic carbocycles. The van der Waals surface area contributed by atoms with Crippen LogP contribution < -0.4 is 0 Å². The zero-order valence-electron chi connectivity index (χ0n) is 14.9. The van der Waals surface area contributed by atoms with Crippen molar-refractivity contribution < 1.29 is 9.94 Å². The standard InChI is InChI=1S/C19H28N2O2/c1-13-10-14(2)17(15(3)11-13)16-12-20(4)19(18(16)22)6-8-21(23-5)9-7-19/h10-11,22H,6-9,12H2,1-5H3. The number of aliphatic hydroxyl groups is 1. The van der Waals surface area contributed by atoms with Gasteiger partial charge in [-0.3, -0.25) is 4.90 Å². The molecule has 23 heavy (non-hydrogen) atoms. The first kappa shape index (κ1) is 16.5. The van der Waals surface area contributed by atoms with Crippen molar-refractivity contribution in [2.45, 2.75) is 39.2 Å². The van der Waals surface area contributed by atoms with E-state index in [1.165, 1.54) is 22.3 Å². The van der Waals surface area contributed by atoms with E-state index in [9.17, 15) is 5.11 Å². The molecule has 3 rings (SSSR count). The van der Waals surface area contributed by atoms with Gasteiger partial charge in [0.2, 0.25) is 0 Å². The highest BCUT2D eigenvalue weighted by Gasteiger charge is 2.48. The molecule has 4 heteroatoms. The van der Waals surface area contributed by atoms with Gasteiger partial charge in [0.25, 0.3) is 0 Å². The van der Waals surface area contributed by atoms with E-state index in [2.05, 4.69) is 44.9 Å². The Hall–Kier alpha value is -1.36. The molecule has 0 bridgehead atoms. The van der Waals surface area contributed by atoms with Crippen LogP contribution in [0.25, 0.3) is 5.57 Å². The van der Waals surface area contributed by atoms with Gasteiger partial charge >= 0.3 is 0 Å². The van der Waals surface area contributed by atoms with Crippen molar-refractivity contribution in [3.05, 3.63) is 40.1 Å². The lowest BCUT2D eigenvalue weighted by atomic mass is 9.84. The van der Waals surface area contributed by atoms with Crippen molar-refractivity contribution in [1.82, 2.24) is 9.96 Å². The topological polar surface area (TPSA) is 35.9 Å². The molecule has 0 amide bonds. The zero-order chi connectivity index (χ0) is 16.8. The van der Waals surface area contributed by atoms with Gasteiger partial charge in [0, 0.05) is 25.2 Å². The average molecular weight is 316 g/mol. The fourth-order valence-electron chi connectivity index (χ4n) is 4.44. The molecule has 0 radical (unpaired) electrons. The Morgan fingerprint density at radius 1 is 1.09 bits per heavy atom. The summed E-state index contributed by atoms with van der Waals surface area (Å²) < 4.78 is 0. The van der Waals surface area contributed by atoms with Gasteiger partial charge in [-0.25, -0.2) is 0 Å². The highest BCUT2D eigenvalue weighted by atomic mass is 16.7. The molecule has 0 atom stereocenters. The van der Waals surface area contributed by atoms with Gasteiger partial charge in [0.05, 0.1) is 12.6 Å². The van der Waals surface area contributed by atoms with Crippen LogP contribution in [0.1, 0.15) is 35.1 Å². The largest absolute Gasteiger partial charge is 0.510 e. The molecule has 2 aliphatic rings. The number of aliphatic hydroxyl groups excluding tert-OH is 1. The Morgan fingerprint density at radius 3 is 2.17 bits per heavy atom. The van der Waals surface area contributed by atoms with Gasteiger partial charge in [-0.2, -0.15) is 5.06 Å². The second-order valence-corrected chi connectivity index (χ2v) is 7.10. The minimum absolute atomic E-state index is 0.228. The molecular weight excluding hydrogens is 288 g/mol. The lowest BCUT2D eigenvalue weighted by Gasteiger charge is -2.42. The molecule has 1 spiro atoms. The molecule has 0 unspecified atom stereocenters. The maximum Gasteiger partial charge on any atom is 0.118 e. The van der Waals surface area contributed by atoms with Gasteiger partial charge in [-0.15, -0.1) is 0 Å². The lowest BCUT2D eigenvalue weighted by Crippen LogP contribution is -2.52. The van der Waals surface area contributed by atoms with E-state index in [0.717, 1.165) is 38.0 Å². The van der Waals surface area contributed by atoms with Crippen molar-refractivity contribution >= 4 is 5.57 Å². The molecule has 126 valence electrons. The molecule has 2 heterocycles. The Labute approximate surface area is 139 Å². The van der Waals surface area contributed by atoms with E-state index in [-0.39, 0.29) is 5.54 Å². The molecular formula is C19H28N2O2. The number of nitrogens with zero attached hydrogens (tertiary/aromatic N) is 2. The van der Waals surface area contributed by atoms with Gasteiger partial charge < -0.3 is 9.94 Å². The summed E-state index contributed by atoms with van der Waals surface area (Å²) in [6.07, 6.45) is 1.80.